The van der Waals surface area contributed by atoms with Crippen molar-refractivity contribution in [1.82, 2.24) is 4.98 Å². The summed E-state index contributed by atoms with van der Waals surface area (Å²) in [6, 6.07) is 6.07. The van der Waals surface area contributed by atoms with Crippen molar-refractivity contribution in [1.29, 1.82) is 0 Å². The van der Waals surface area contributed by atoms with Gasteiger partial charge in [0.05, 0.1) is 11.3 Å². The van der Waals surface area contributed by atoms with Gasteiger partial charge in [0, 0.05) is 30.4 Å². The van der Waals surface area contributed by atoms with Crippen molar-refractivity contribution in [3.8, 4) is 0 Å². The highest BCUT2D eigenvalue weighted by Gasteiger charge is 2.18. The van der Waals surface area contributed by atoms with Gasteiger partial charge >= 0.3 is 0 Å². The molecule has 1 aliphatic heterocycles. The predicted molar refractivity (Wildman–Crippen MR) is 81.9 cm³/mol. The van der Waals surface area contributed by atoms with E-state index in [2.05, 4.69) is 33.5 Å². The molecule has 0 unspecified atom stereocenters. The Morgan fingerprint density at radius 2 is 2.30 bits per heavy atom. The van der Waals surface area contributed by atoms with E-state index in [9.17, 15) is 4.79 Å². The van der Waals surface area contributed by atoms with E-state index in [0.717, 1.165) is 25.2 Å². The lowest BCUT2D eigenvalue weighted by Crippen LogP contribution is -2.30. The first kappa shape index (κ1) is 12.9. The van der Waals surface area contributed by atoms with Crippen LogP contribution in [0.15, 0.2) is 42.0 Å². The van der Waals surface area contributed by atoms with E-state index in [1.165, 1.54) is 16.6 Å². The van der Waals surface area contributed by atoms with Crippen LogP contribution in [0.2, 0.25) is 0 Å². The highest BCUT2D eigenvalue weighted by Crippen LogP contribution is 2.29. The third-order valence-electron chi connectivity index (χ3n) is 3.45. The molecule has 0 bridgehead atoms. The second-order valence-electron chi connectivity index (χ2n) is 4.66. The molecule has 5 heteroatoms. The van der Waals surface area contributed by atoms with Gasteiger partial charge < -0.3 is 10.6 Å². The molecule has 0 aliphatic carbocycles. The Bertz CT molecular complexity index is 649. The normalized spacial score (nSPS) is 15.0. The van der Waals surface area contributed by atoms with E-state index in [4.69, 9.17) is 5.73 Å². The molecule has 4 nitrogen and oxygen atoms in total. The molecule has 0 aromatic carbocycles. The summed E-state index contributed by atoms with van der Waals surface area (Å²) in [5.41, 5.74) is 8.14. The van der Waals surface area contributed by atoms with Crippen molar-refractivity contribution in [2.24, 2.45) is 5.73 Å². The van der Waals surface area contributed by atoms with Crippen LogP contribution in [0, 0.1) is 0 Å². The molecule has 2 N–H and O–H groups in total. The number of thiophene rings is 1. The largest absolute Gasteiger partial charge is 0.367 e. The number of pyridine rings is 1. The highest BCUT2D eigenvalue weighted by atomic mass is 32.1. The standard InChI is InChI=1S/C15H15N3OS/c16-15(19)12-10-17-6-3-13(12)18-7-4-11(5-8-18)14-2-1-9-20-14/h1-4,6,9-10H,5,7-8H2,(H2,16,19). The van der Waals surface area contributed by atoms with Gasteiger partial charge in [-0.2, -0.15) is 0 Å². The monoisotopic (exact) mass is 285 g/mol. The van der Waals surface area contributed by atoms with E-state index >= 15 is 0 Å². The van der Waals surface area contributed by atoms with Crippen LogP contribution in [0.25, 0.3) is 5.57 Å². The SMILES string of the molecule is NC(=O)c1cnccc1N1CC=C(c2cccs2)CC1. The van der Waals surface area contributed by atoms with Gasteiger partial charge in [0.2, 0.25) is 0 Å². The highest BCUT2D eigenvalue weighted by molar-refractivity contribution is 7.11. The zero-order valence-corrected chi connectivity index (χ0v) is 11.8. The van der Waals surface area contributed by atoms with Gasteiger partial charge in [-0.3, -0.25) is 9.78 Å². The minimum Gasteiger partial charge on any atom is -0.367 e. The van der Waals surface area contributed by atoms with Crippen molar-refractivity contribution in [3.05, 3.63) is 52.5 Å². The molecule has 3 rings (SSSR count). The maximum Gasteiger partial charge on any atom is 0.252 e. The first-order chi connectivity index (χ1) is 9.75. The summed E-state index contributed by atoms with van der Waals surface area (Å²) < 4.78 is 0. The van der Waals surface area contributed by atoms with E-state index in [1.54, 1.807) is 17.5 Å². The molecule has 2 aromatic heterocycles. The van der Waals surface area contributed by atoms with Crippen LogP contribution in [0.3, 0.4) is 0 Å². The van der Waals surface area contributed by atoms with Crippen LogP contribution < -0.4 is 10.6 Å². The van der Waals surface area contributed by atoms with E-state index in [-0.39, 0.29) is 0 Å². The number of hydrogen-bond donors (Lipinski definition) is 1. The number of anilines is 1. The Morgan fingerprint density at radius 3 is 2.95 bits per heavy atom. The summed E-state index contributed by atoms with van der Waals surface area (Å²) >= 11 is 1.76. The summed E-state index contributed by atoms with van der Waals surface area (Å²) in [7, 11) is 0. The van der Waals surface area contributed by atoms with Crippen LogP contribution in [0.1, 0.15) is 21.7 Å². The van der Waals surface area contributed by atoms with E-state index < -0.39 is 5.91 Å². The Kier molecular flexibility index (Phi) is 3.52. The number of hydrogen-bond acceptors (Lipinski definition) is 4. The first-order valence-electron chi connectivity index (χ1n) is 6.47. The summed E-state index contributed by atoms with van der Waals surface area (Å²) in [5.74, 6) is -0.430. The number of nitrogens with two attached hydrogens (primary N) is 1. The zero-order valence-electron chi connectivity index (χ0n) is 11.0. The van der Waals surface area contributed by atoms with Crippen molar-refractivity contribution in [2.75, 3.05) is 18.0 Å². The smallest absolute Gasteiger partial charge is 0.252 e. The van der Waals surface area contributed by atoms with Gasteiger partial charge in [-0.05, 0) is 29.5 Å². The van der Waals surface area contributed by atoms with Crippen molar-refractivity contribution < 1.29 is 4.79 Å². The Labute approximate surface area is 121 Å². The van der Waals surface area contributed by atoms with Gasteiger partial charge in [0.25, 0.3) is 5.91 Å². The topological polar surface area (TPSA) is 59.2 Å². The van der Waals surface area contributed by atoms with Crippen molar-refractivity contribution in [3.63, 3.8) is 0 Å². The number of aromatic nitrogens is 1. The third kappa shape index (κ3) is 2.44. The molecule has 0 spiro atoms. The molecule has 0 saturated heterocycles. The lowest BCUT2D eigenvalue weighted by Gasteiger charge is -2.29. The van der Waals surface area contributed by atoms with Crippen molar-refractivity contribution in [2.45, 2.75) is 6.42 Å². The van der Waals surface area contributed by atoms with Crippen LogP contribution >= 0.6 is 11.3 Å². The molecule has 20 heavy (non-hydrogen) atoms. The third-order valence-corrected chi connectivity index (χ3v) is 4.40. The fourth-order valence-corrected chi connectivity index (χ4v) is 3.22. The molecule has 0 radical (unpaired) electrons. The maximum absolute atomic E-state index is 11.5. The second kappa shape index (κ2) is 5.46. The lowest BCUT2D eigenvalue weighted by molar-refractivity contribution is 0.100. The molecule has 102 valence electrons. The summed E-state index contributed by atoms with van der Waals surface area (Å²) in [6.45, 7) is 1.67. The van der Waals surface area contributed by atoms with Gasteiger partial charge in [-0.25, -0.2) is 0 Å². The molecular weight excluding hydrogens is 270 g/mol. The quantitative estimate of drug-likeness (QED) is 0.942. The number of carbonyl (C=O) groups is 1. The van der Waals surface area contributed by atoms with E-state index in [1.807, 2.05) is 6.07 Å². The molecular formula is C15H15N3OS. The van der Waals surface area contributed by atoms with Gasteiger partial charge in [-0.15, -0.1) is 11.3 Å². The van der Waals surface area contributed by atoms with E-state index in [0.29, 0.717) is 5.56 Å². The molecule has 0 atom stereocenters. The molecule has 1 amide bonds. The molecule has 1 aliphatic rings. The van der Waals surface area contributed by atoms with Crippen LogP contribution in [0.5, 0.6) is 0 Å². The fourth-order valence-electron chi connectivity index (χ4n) is 2.43. The van der Waals surface area contributed by atoms with Crippen molar-refractivity contribution >= 4 is 28.5 Å². The first-order valence-corrected chi connectivity index (χ1v) is 7.35. The number of carbonyl (C=O) groups excluding carboxylic acids is 1. The fraction of sp³-hybridized carbons (Fsp3) is 0.200. The molecule has 3 heterocycles. The molecule has 0 saturated carbocycles. The lowest BCUT2D eigenvalue weighted by atomic mass is 10.1. The van der Waals surface area contributed by atoms with Crippen LogP contribution in [-0.4, -0.2) is 24.0 Å². The number of primary amides is 1. The second-order valence-corrected chi connectivity index (χ2v) is 5.61. The molecule has 2 aromatic rings. The zero-order chi connectivity index (χ0) is 13.9. The summed E-state index contributed by atoms with van der Waals surface area (Å²) in [6.07, 6.45) is 6.43. The minimum absolute atomic E-state index is 0.430. The average Bonchev–Trinajstić information content (AvgIpc) is 3.02. The maximum atomic E-state index is 11.5. The Morgan fingerprint density at radius 1 is 1.40 bits per heavy atom. The molecule has 0 fully saturated rings. The van der Waals surface area contributed by atoms with Gasteiger partial charge in [0.1, 0.15) is 0 Å². The Balaban J connectivity index is 1.83. The number of amides is 1. The van der Waals surface area contributed by atoms with Crippen LogP contribution in [-0.2, 0) is 0 Å². The van der Waals surface area contributed by atoms with Gasteiger partial charge in [0.15, 0.2) is 0 Å². The van der Waals surface area contributed by atoms with Crippen LogP contribution in [0.4, 0.5) is 5.69 Å². The van der Waals surface area contributed by atoms with Gasteiger partial charge in [-0.1, -0.05) is 12.1 Å². The predicted octanol–water partition coefficient (Wildman–Crippen LogP) is 2.54. The Hall–Kier alpha value is -2.14. The minimum atomic E-state index is -0.430. The summed E-state index contributed by atoms with van der Waals surface area (Å²) in [4.78, 5) is 18.9. The average molecular weight is 285 g/mol. The number of rotatable bonds is 3. The summed E-state index contributed by atoms with van der Waals surface area (Å²) in [5, 5.41) is 2.09. The number of nitrogens with zero attached hydrogens (tertiary/aromatic N) is 2.